The summed E-state index contributed by atoms with van der Waals surface area (Å²) in [5.41, 5.74) is 0.883. The highest BCUT2D eigenvalue weighted by atomic mass is 16.6. The number of carbonyl (C=O) groups is 1. The highest BCUT2D eigenvalue weighted by molar-refractivity contribution is 5.94. The van der Waals surface area contributed by atoms with Gasteiger partial charge in [-0.15, -0.1) is 0 Å². The Hall–Kier alpha value is -1.95. The van der Waals surface area contributed by atoms with Gasteiger partial charge in [0.25, 0.3) is 11.6 Å². The molecule has 6 heteroatoms. The Kier molecular flexibility index (Phi) is 4.57. The standard InChI is InChI=1S/C15H20N2O4/c1-10-9-11(7-8-12(10)17(20)21)15(19)16(2)13-5-3-4-6-14(13)18/h7-9,13-14,18H,3-6H2,1-2H3. The van der Waals surface area contributed by atoms with Gasteiger partial charge in [0.15, 0.2) is 0 Å². The Balaban J connectivity index is 2.19. The van der Waals surface area contributed by atoms with Gasteiger partial charge in [0.05, 0.1) is 17.1 Å². The van der Waals surface area contributed by atoms with Crippen molar-refractivity contribution in [2.24, 2.45) is 0 Å². The van der Waals surface area contributed by atoms with Crippen LogP contribution in [-0.4, -0.2) is 40.0 Å². The summed E-state index contributed by atoms with van der Waals surface area (Å²) in [4.78, 5) is 24.4. The molecule has 1 N–H and O–H groups in total. The highest BCUT2D eigenvalue weighted by Crippen LogP contribution is 2.25. The van der Waals surface area contributed by atoms with Gasteiger partial charge < -0.3 is 10.0 Å². The number of amides is 1. The molecule has 1 amide bonds. The minimum atomic E-state index is -0.494. The molecule has 114 valence electrons. The summed E-state index contributed by atoms with van der Waals surface area (Å²) in [6, 6.07) is 4.18. The summed E-state index contributed by atoms with van der Waals surface area (Å²) < 4.78 is 0. The third kappa shape index (κ3) is 3.21. The van der Waals surface area contributed by atoms with Crippen LogP contribution in [0.25, 0.3) is 0 Å². The van der Waals surface area contributed by atoms with Gasteiger partial charge in [-0.3, -0.25) is 14.9 Å². The molecule has 1 aliphatic carbocycles. The zero-order valence-electron chi connectivity index (χ0n) is 12.3. The van der Waals surface area contributed by atoms with Crippen LogP contribution in [0.1, 0.15) is 41.6 Å². The van der Waals surface area contributed by atoms with Gasteiger partial charge in [-0.2, -0.15) is 0 Å². The number of nitro benzene ring substituents is 1. The van der Waals surface area contributed by atoms with Crippen molar-refractivity contribution in [1.82, 2.24) is 4.90 Å². The summed E-state index contributed by atoms with van der Waals surface area (Å²) in [5, 5.41) is 20.8. The number of aliphatic hydroxyl groups is 1. The first-order valence-corrected chi connectivity index (χ1v) is 7.12. The van der Waals surface area contributed by atoms with Crippen LogP contribution in [0.5, 0.6) is 0 Å². The number of nitrogens with zero attached hydrogens (tertiary/aromatic N) is 2. The molecule has 0 aromatic heterocycles. The summed E-state index contributed by atoms with van der Waals surface area (Å²) in [6.45, 7) is 1.62. The number of likely N-dealkylation sites (N-methyl/N-ethyl adjacent to an activating group) is 1. The predicted octanol–water partition coefficient (Wildman–Crippen LogP) is 2.28. The van der Waals surface area contributed by atoms with Gasteiger partial charge in [0, 0.05) is 24.2 Å². The monoisotopic (exact) mass is 292 g/mol. The quantitative estimate of drug-likeness (QED) is 0.684. The molecule has 0 bridgehead atoms. The van der Waals surface area contributed by atoms with Crippen molar-refractivity contribution in [3.63, 3.8) is 0 Å². The smallest absolute Gasteiger partial charge is 0.272 e. The first kappa shape index (κ1) is 15.4. The maximum atomic E-state index is 12.5. The number of nitro groups is 1. The Morgan fingerprint density at radius 2 is 2.05 bits per heavy atom. The number of carbonyl (C=O) groups excluding carboxylic acids is 1. The minimum Gasteiger partial charge on any atom is -0.391 e. The molecule has 2 unspecified atom stereocenters. The van der Waals surface area contributed by atoms with Crippen molar-refractivity contribution in [3.8, 4) is 0 Å². The normalized spacial score (nSPS) is 21.9. The highest BCUT2D eigenvalue weighted by Gasteiger charge is 2.30. The Morgan fingerprint density at radius 1 is 1.38 bits per heavy atom. The first-order chi connectivity index (χ1) is 9.91. The lowest BCUT2D eigenvalue weighted by Gasteiger charge is -2.35. The van der Waals surface area contributed by atoms with Gasteiger partial charge in [-0.1, -0.05) is 12.8 Å². The van der Waals surface area contributed by atoms with E-state index in [9.17, 15) is 20.0 Å². The van der Waals surface area contributed by atoms with E-state index in [0.29, 0.717) is 17.5 Å². The van der Waals surface area contributed by atoms with Crippen LogP contribution in [0.4, 0.5) is 5.69 Å². The number of benzene rings is 1. The lowest BCUT2D eigenvalue weighted by molar-refractivity contribution is -0.385. The van der Waals surface area contributed by atoms with Crippen molar-refractivity contribution < 1.29 is 14.8 Å². The van der Waals surface area contributed by atoms with E-state index in [2.05, 4.69) is 0 Å². The largest absolute Gasteiger partial charge is 0.391 e. The van der Waals surface area contributed by atoms with E-state index in [4.69, 9.17) is 0 Å². The minimum absolute atomic E-state index is 0.00639. The fourth-order valence-corrected chi connectivity index (χ4v) is 2.89. The first-order valence-electron chi connectivity index (χ1n) is 7.12. The second-order valence-electron chi connectivity index (χ2n) is 5.59. The van der Waals surface area contributed by atoms with Crippen molar-refractivity contribution >= 4 is 11.6 Å². The Labute approximate surface area is 123 Å². The molecule has 0 radical (unpaired) electrons. The Morgan fingerprint density at radius 3 is 2.62 bits per heavy atom. The maximum absolute atomic E-state index is 12.5. The van der Waals surface area contributed by atoms with Crippen molar-refractivity contribution in [2.45, 2.75) is 44.8 Å². The van der Waals surface area contributed by atoms with Crippen molar-refractivity contribution in [1.29, 1.82) is 0 Å². The topological polar surface area (TPSA) is 83.7 Å². The van der Waals surface area contributed by atoms with E-state index in [0.717, 1.165) is 19.3 Å². The third-order valence-corrected chi connectivity index (χ3v) is 4.15. The van der Waals surface area contributed by atoms with Crippen LogP contribution in [0.2, 0.25) is 0 Å². The fraction of sp³-hybridized carbons (Fsp3) is 0.533. The summed E-state index contributed by atoms with van der Waals surface area (Å²) in [6.07, 6.45) is 2.98. The molecule has 21 heavy (non-hydrogen) atoms. The van der Waals surface area contributed by atoms with Crippen LogP contribution in [0, 0.1) is 17.0 Å². The molecule has 0 spiro atoms. The lowest BCUT2D eigenvalue weighted by atomic mass is 9.91. The van der Waals surface area contributed by atoms with E-state index in [1.165, 1.54) is 18.2 Å². The molecule has 1 fully saturated rings. The van der Waals surface area contributed by atoms with Crippen LogP contribution in [0.15, 0.2) is 18.2 Å². The molecule has 6 nitrogen and oxygen atoms in total. The van der Waals surface area contributed by atoms with Gasteiger partial charge >= 0.3 is 0 Å². The summed E-state index contributed by atoms with van der Waals surface area (Å²) in [5.74, 6) is -0.209. The van der Waals surface area contributed by atoms with E-state index >= 15 is 0 Å². The van der Waals surface area contributed by atoms with Crippen LogP contribution in [-0.2, 0) is 0 Å². The van der Waals surface area contributed by atoms with Gasteiger partial charge in [0.1, 0.15) is 0 Å². The van der Waals surface area contributed by atoms with E-state index in [1.807, 2.05) is 0 Å². The molecule has 2 rings (SSSR count). The molecule has 1 aromatic carbocycles. The number of hydrogen-bond donors (Lipinski definition) is 1. The molecule has 0 heterocycles. The van der Waals surface area contributed by atoms with Crippen molar-refractivity contribution in [3.05, 3.63) is 39.4 Å². The Bertz CT molecular complexity index is 559. The summed E-state index contributed by atoms with van der Waals surface area (Å²) in [7, 11) is 1.68. The summed E-state index contributed by atoms with van der Waals surface area (Å²) >= 11 is 0. The maximum Gasteiger partial charge on any atom is 0.272 e. The molecule has 0 aliphatic heterocycles. The molecule has 1 saturated carbocycles. The average Bonchev–Trinajstić information content (AvgIpc) is 2.45. The number of aliphatic hydroxyl groups excluding tert-OH is 1. The van der Waals surface area contributed by atoms with Gasteiger partial charge in [0.2, 0.25) is 0 Å². The fourth-order valence-electron chi connectivity index (χ4n) is 2.89. The number of rotatable bonds is 3. The third-order valence-electron chi connectivity index (χ3n) is 4.15. The average molecular weight is 292 g/mol. The van der Waals surface area contributed by atoms with E-state index in [1.54, 1.807) is 18.9 Å². The molecule has 1 aliphatic rings. The predicted molar refractivity (Wildman–Crippen MR) is 78.2 cm³/mol. The molecule has 0 saturated heterocycles. The number of hydrogen-bond acceptors (Lipinski definition) is 4. The van der Waals surface area contributed by atoms with E-state index < -0.39 is 11.0 Å². The zero-order chi connectivity index (χ0) is 15.6. The molecule has 2 atom stereocenters. The molecular formula is C15H20N2O4. The molecule has 1 aromatic rings. The van der Waals surface area contributed by atoms with Crippen LogP contribution >= 0.6 is 0 Å². The van der Waals surface area contributed by atoms with Gasteiger partial charge in [-0.25, -0.2) is 0 Å². The second kappa shape index (κ2) is 6.22. The zero-order valence-corrected chi connectivity index (χ0v) is 12.3. The SMILES string of the molecule is Cc1cc(C(=O)N(C)C2CCCCC2O)ccc1[N+](=O)[O-]. The van der Waals surface area contributed by atoms with Crippen LogP contribution < -0.4 is 0 Å². The van der Waals surface area contributed by atoms with Crippen molar-refractivity contribution in [2.75, 3.05) is 7.05 Å². The van der Waals surface area contributed by atoms with Crippen LogP contribution in [0.3, 0.4) is 0 Å². The second-order valence-corrected chi connectivity index (χ2v) is 5.59. The van der Waals surface area contributed by atoms with Gasteiger partial charge in [-0.05, 0) is 31.9 Å². The van der Waals surface area contributed by atoms with E-state index in [-0.39, 0.29) is 17.6 Å². The lowest BCUT2D eigenvalue weighted by Crippen LogP contribution is -2.46. The molecular weight excluding hydrogens is 272 g/mol. The number of aryl methyl sites for hydroxylation is 1.